The number of aromatic nitrogens is 2. The zero-order valence-corrected chi connectivity index (χ0v) is 14.3. The first kappa shape index (κ1) is 19.5. The van der Waals surface area contributed by atoms with Crippen LogP contribution in [0.5, 0.6) is 5.88 Å². The van der Waals surface area contributed by atoms with E-state index in [0.29, 0.717) is 19.0 Å². The van der Waals surface area contributed by atoms with Crippen molar-refractivity contribution in [2.24, 2.45) is 4.99 Å². The minimum Gasteiger partial charge on any atom is -0.468 e. The van der Waals surface area contributed by atoms with E-state index in [2.05, 4.69) is 30.3 Å². The summed E-state index contributed by atoms with van der Waals surface area (Å²) >= 11 is 0. The third kappa shape index (κ3) is 7.37. The van der Waals surface area contributed by atoms with E-state index in [9.17, 15) is 13.2 Å². The first-order valence-corrected chi connectivity index (χ1v) is 7.95. The number of nitrogens with zero attached hydrogens (tertiary/aromatic N) is 3. The Morgan fingerprint density at radius 1 is 1.15 bits per heavy atom. The van der Waals surface area contributed by atoms with Crippen LogP contribution in [0.3, 0.4) is 0 Å². The molecule has 2 N–H and O–H groups in total. The monoisotopic (exact) mass is 367 g/mol. The lowest BCUT2D eigenvalue weighted by molar-refractivity contribution is -0.154. The van der Waals surface area contributed by atoms with E-state index >= 15 is 0 Å². The Bertz CT molecular complexity index is 707. The highest BCUT2D eigenvalue weighted by atomic mass is 19.4. The summed E-state index contributed by atoms with van der Waals surface area (Å²) in [5, 5.41) is 6.24. The maximum atomic E-state index is 12.2. The summed E-state index contributed by atoms with van der Waals surface area (Å²) in [5.41, 5.74) is 1.70. The quantitative estimate of drug-likeness (QED) is 0.581. The molecule has 0 amide bonds. The second-order valence-electron chi connectivity index (χ2n) is 5.33. The number of ether oxygens (including phenoxy) is 1. The van der Waals surface area contributed by atoms with E-state index in [-0.39, 0.29) is 5.88 Å². The third-order valence-corrected chi connectivity index (χ3v) is 3.27. The molecule has 2 heterocycles. The van der Waals surface area contributed by atoms with Crippen LogP contribution in [0.4, 0.5) is 13.2 Å². The molecule has 0 aliphatic heterocycles. The fourth-order valence-corrected chi connectivity index (χ4v) is 2.06. The smallest absolute Gasteiger partial charge is 0.422 e. The van der Waals surface area contributed by atoms with Gasteiger partial charge in [0, 0.05) is 50.7 Å². The Labute approximate surface area is 149 Å². The summed E-state index contributed by atoms with van der Waals surface area (Å²) in [6, 6.07) is 8.88. The molecule has 2 aromatic rings. The van der Waals surface area contributed by atoms with Gasteiger partial charge < -0.3 is 15.4 Å². The highest BCUT2D eigenvalue weighted by Gasteiger charge is 2.28. The van der Waals surface area contributed by atoms with Gasteiger partial charge in [-0.25, -0.2) is 4.98 Å². The average Bonchev–Trinajstić information content (AvgIpc) is 2.63. The number of rotatable bonds is 7. The molecule has 0 saturated carbocycles. The Morgan fingerprint density at radius 2 is 2.00 bits per heavy atom. The van der Waals surface area contributed by atoms with E-state index in [4.69, 9.17) is 0 Å². The molecule has 0 spiro atoms. The van der Waals surface area contributed by atoms with Gasteiger partial charge in [0.2, 0.25) is 5.88 Å². The molecule has 0 aromatic carbocycles. The van der Waals surface area contributed by atoms with Gasteiger partial charge in [0.15, 0.2) is 12.6 Å². The number of halogens is 3. The largest absolute Gasteiger partial charge is 0.468 e. The molecule has 6 nitrogen and oxygen atoms in total. The van der Waals surface area contributed by atoms with Gasteiger partial charge in [-0.1, -0.05) is 6.07 Å². The first-order chi connectivity index (χ1) is 12.5. The summed E-state index contributed by atoms with van der Waals surface area (Å²) in [7, 11) is 1.64. The van der Waals surface area contributed by atoms with Gasteiger partial charge in [-0.3, -0.25) is 9.98 Å². The van der Waals surface area contributed by atoms with Crippen LogP contribution in [0, 0.1) is 0 Å². The molecule has 2 aromatic heterocycles. The lowest BCUT2D eigenvalue weighted by Crippen LogP contribution is -2.37. The minimum absolute atomic E-state index is 0.0697. The van der Waals surface area contributed by atoms with Crippen LogP contribution in [0.2, 0.25) is 0 Å². The topological polar surface area (TPSA) is 71.4 Å². The van der Waals surface area contributed by atoms with Crippen LogP contribution in [0.1, 0.15) is 11.3 Å². The van der Waals surface area contributed by atoms with Crippen LogP contribution in [0.25, 0.3) is 0 Å². The summed E-state index contributed by atoms with van der Waals surface area (Å²) in [6.07, 6.45) is -0.508. The van der Waals surface area contributed by atoms with Crippen LogP contribution in [-0.2, 0) is 13.0 Å². The molecule has 0 saturated heterocycles. The van der Waals surface area contributed by atoms with E-state index in [1.807, 2.05) is 18.2 Å². The summed E-state index contributed by atoms with van der Waals surface area (Å²) in [6.45, 7) is -0.352. The highest BCUT2D eigenvalue weighted by Crippen LogP contribution is 2.17. The molecule has 0 aliphatic rings. The fraction of sp³-hybridized carbons (Fsp3) is 0.353. The standard InChI is InChI=1S/C17H20F3N5O/c1-21-16(24-9-6-14-4-2-3-7-22-14)25-11-13-5-8-23-15(10-13)26-12-17(18,19)20/h2-5,7-8,10H,6,9,11-12H2,1H3,(H2,21,24,25). The molecular formula is C17H20F3N5O. The van der Waals surface area contributed by atoms with Crippen LogP contribution in [0.15, 0.2) is 47.7 Å². The summed E-state index contributed by atoms with van der Waals surface area (Å²) in [4.78, 5) is 12.1. The maximum absolute atomic E-state index is 12.2. The van der Waals surface area contributed by atoms with Crippen LogP contribution < -0.4 is 15.4 Å². The first-order valence-electron chi connectivity index (χ1n) is 7.95. The van der Waals surface area contributed by atoms with Gasteiger partial charge in [0.05, 0.1) is 0 Å². The molecule has 0 unspecified atom stereocenters. The SMILES string of the molecule is CN=C(NCCc1ccccn1)NCc1ccnc(OCC(F)(F)F)c1. The Balaban J connectivity index is 1.78. The van der Waals surface area contributed by atoms with Crippen molar-refractivity contribution in [1.82, 2.24) is 20.6 Å². The Morgan fingerprint density at radius 3 is 2.69 bits per heavy atom. The number of nitrogens with one attached hydrogen (secondary N) is 2. The number of hydrogen-bond donors (Lipinski definition) is 2. The van der Waals surface area contributed by atoms with Crippen molar-refractivity contribution in [2.75, 3.05) is 20.2 Å². The van der Waals surface area contributed by atoms with Gasteiger partial charge in [0.25, 0.3) is 0 Å². The molecular weight excluding hydrogens is 347 g/mol. The van der Waals surface area contributed by atoms with Gasteiger partial charge >= 0.3 is 6.18 Å². The van der Waals surface area contributed by atoms with E-state index < -0.39 is 12.8 Å². The number of hydrogen-bond acceptors (Lipinski definition) is 4. The number of alkyl halides is 3. The van der Waals surface area contributed by atoms with Crippen LogP contribution >= 0.6 is 0 Å². The highest BCUT2D eigenvalue weighted by molar-refractivity contribution is 5.79. The molecule has 140 valence electrons. The average molecular weight is 367 g/mol. The Kier molecular flexibility index (Phi) is 7.19. The molecule has 26 heavy (non-hydrogen) atoms. The van der Waals surface area contributed by atoms with E-state index in [1.165, 1.54) is 12.3 Å². The van der Waals surface area contributed by atoms with Gasteiger partial charge in [-0.15, -0.1) is 0 Å². The predicted molar refractivity (Wildman–Crippen MR) is 91.9 cm³/mol. The van der Waals surface area contributed by atoms with Crippen LogP contribution in [-0.4, -0.2) is 42.3 Å². The normalized spacial score (nSPS) is 11.9. The molecule has 2 rings (SSSR count). The lowest BCUT2D eigenvalue weighted by Gasteiger charge is -2.13. The number of aliphatic imine (C=N–C) groups is 1. The van der Waals surface area contributed by atoms with E-state index in [0.717, 1.165) is 17.7 Å². The molecule has 0 aliphatic carbocycles. The van der Waals surface area contributed by atoms with Gasteiger partial charge in [0.1, 0.15) is 0 Å². The molecule has 9 heteroatoms. The maximum Gasteiger partial charge on any atom is 0.422 e. The molecule has 0 radical (unpaired) electrons. The predicted octanol–water partition coefficient (Wildman–Crippen LogP) is 2.33. The molecule has 0 fully saturated rings. The lowest BCUT2D eigenvalue weighted by atomic mass is 10.2. The van der Waals surface area contributed by atoms with E-state index in [1.54, 1.807) is 19.3 Å². The van der Waals surface area contributed by atoms with Crippen molar-refractivity contribution < 1.29 is 17.9 Å². The minimum atomic E-state index is -4.39. The Hall–Kier alpha value is -2.84. The molecule has 0 bridgehead atoms. The zero-order chi connectivity index (χ0) is 18.8. The third-order valence-electron chi connectivity index (χ3n) is 3.27. The zero-order valence-electron chi connectivity index (χ0n) is 14.3. The van der Waals surface area contributed by atoms with Crippen molar-refractivity contribution in [2.45, 2.75) is 19.1 Å². The van der Waals surface area contributed by atoms with Crippen molar-refractivity contribution >= 4 is 5.96 Å². The molecule has 0 atom stereocenters. The summed E-state index contributed by atoms with van der Waals surface area (Å²) in [5.74, 6) is 0.509. The second kappa shape index (κ2) is 9.59. The summed E-state index contributed by atoms with van der Waals surface area (Å²) < 4.78 is 41.2. The number of pyridine rings is 2. The number of guanidine groups is 1. The van der Waals surface area contributed by atoms with Gasteiger partial charge in [-0.05, 0) is 23.8 Å². The van der Waals surface area contributed by atoms with Crippen molar-refractivity contribution in [1.29, 1.82) is 0 Å². The fourth-order valence-electron chi connectivity index (χ4n) is 2.06. The van der Waals surface area contributed by atoms with Crippen molar-refractivity contribution in [3.63, 3.8) is 0 Å². The van der Waals surface area contributed by atoms with Gasteiger partial charge in [-0.2, -0.15) is 13.2 Å². The van der Waals surface area contributed by atoms with Crippen molar-refractivity contribution in [3.05, 3.63) is 54.0 Å². The second-order valence-corrected chi connectivity index (χ2v) is 5.33. The van der Waals surface area contributed by atoms with Crippen molar-refractivity contribution in [3.8, 4) is 5.88 Å².